The molecular formula is C29H22BrClN2O3. The van der Waals surface area contributed by atoms with E-state index in [9.17, 15) is 10.1 Å². The van der Waals surface area contributed by atoms with Crippen LogP contribution in [0, 0.1) is 18.3 Å². The van der Waals surface area contributed by atoms with Gasteiger partial charge in [0.1, 0.15) is 18.2 Å². The second kappa shape index (κ2) is 11.3. The number of benzene rings is 4. The van der Waals surface area contributed by atoms with E-state index in [0.29, 0.717) is 38.9 Å². The molecule has 36 heavy (non-hydrogen) atoms. The first-order valence-electron chi connectivity index (χ1n) is 11.1. The number of carbonyl (C=O) groups excluding carboxylic acids is 1. The average Bonchev–Trinajstić information content (AvgIpc) is 2.88. The molecule has 0 aliphatic carbocycles. The Bertz CT molecular complexity index is 1510. The lowest BCUT2D eigenvalue weighted by molar-refractivity contribution is -0.112. The Labute approximate surface area is 223 Å². The molecule has 1 amide bonds. The fraction of sp³-hybridized carbons (Fsp3) is 0.103. The van der Waals surface area contributed by atoms with E-state index in [2.05, 4.69) is 52.4 Å². The van der Waals surface area contributed by atoms with Gasteiger partial charge in [0.25, 0.3) is 5.91 Å². The number of ether oxygens (including phenoxy) is 2. The van der Waals surface area contributed by atoms with Crippen molar-refractivity contribution in [1.82, 2.24) is 0 Å². The molecule has 180 valence electrons. The van der Waals surface area contributed by atoms with E-state index < -0.39 is 5.91 Å². The number of fused-ring (bicyclic) bond motifs is 1. The SMILES string of the molecule is COc1cc(/C=C(\C#N)C(=O)Nc2ccc(Cl)cc2)cc(Br)c1OCc1c(C)ccc2ccccc12. The Morgan fingerprint density at radius 2 is 1.86 bits per heavy atom. The minimum absolute atomic E-state index is 0.0565. The van der Waals surface area contributed by atoms with Crippen LogP contribution in [0.1, 0.15) is 16.7 Å². The number of amides is 1. The first kappa shape index (κ1) is 25.3. The van der Waals surface area contributed by atoms with Gasteiger partial charge in [-0.15, -0.1) is 0 Å². The second-order valence-electron chi connectivity index (χ2n) is 8.04. The van der Waals surface area contributed by atoms with Crippen molar-refractivity contribution in [2.75, 3.05) is 12.4 Å². The topological polar surface area (TPSA) is 71.3 Å². The molecule has 0 heterocycles. The molecule has 0 aliphatic rings. The molecule has 0 atom stereocenters. The minimum atomic E-state index is -0.526. The Kier molecular flexibility index (Phi) is 7.94. The maximum Gasteiger partial charge on any atom is 0.266 e. The smallest absolute Gasteiger partial charge is 0.266 e. The van der Waals surface area contributed by atoms with Crippen LogP contribution in [-0.4, -0.2) is 13.0 Å². The zero-order valence-electron chi connectivity index (χ0n) is 19.6. The standard InChI is InChI=1S/C29H22BrClN2O3/c1-18-7-8-20-5-3-4-6-24(20)25(18)17-36-28-26(30)14-19(15-27(28)35-2)13-21(16-32)29(34)33-23-11-9-22(31)10-12-23/h3-15H,17H2,1-2H3,(H,33,34)/b21-13+. The van der Waals surface area contributed by atoms with E-state index in [1.807, 2.05) is 18.2 Å². The molecule has 0 radical (unpaired) electrons. The summed E-state index contributed by atoms with van der Waals surface area (Å²) >= 11 is 9.45. The van der Waals surface area contributed by atoms with Crippen molar-refractivity contribution in [2.45, 2.75) is 13.5 Å². The van der Waals surface area contributed by atoms with Crippen LogP contribution in [-0.2, 0) is 11.4 Å². The number of methoxy groups -OCH3 is 1. The number of hydrogen-bond acceptors (Lipinski definition) is 4. The lowest BCUT2D eigenvalue weighted by Gasteiger charge is -2.16. The molecule has 0 aromatic heterocycles. The van der Waals surface area contributed by atoms with Crippen molar-refractivity contribution >= 4 is 56.0 Å². The first-order chi connectivity index (χ1) is 17.4. The van der Waals surface area contributed by atoms with E-state index in [-0.39, 0.29) is 5.57 Å². The molecule has 0 saturated carbocycles. The Balaban J connectivity index is 1.58. The first-order valence-corrected chi connectivity index (χ1v) is 12.2. The average molecular weight is 562 g/mol. The fourth-order valence-corrected chi connectivity index (χ4v) is 4.49. The van der Waals surface area contributed by atoms with Crippen molar-refractivity contribution in [1.29, 1.82) is 5.26 Å². The van der Waals surface area contributed by atoms with E-state index >= 15 is 0 Å². The van der Waals surface area contributed by atoms with Crippen molar-refractivity contribution in [3.05, 3.63) is 105 Å². The number of hydrogen-bond donors (Lipinski definition) is 1. The van der Waals surface area contributed by atoms with Crippen LogP contribution < -0.4 is 14.8 Å². The maximum atomic E-state index is 12.6. The Morgan fingerprint density at radius 1 is 1.11 bits per heavy atom. The molecule has 0 aliphatic heterocycles. The van der Waals surface area contributed by atoms with Crippen LogP contribution in [0.25, 0.3) is 16.8 Å². The van der Waals surface area contributed by atoms with Crippen molar-refractivity contribution in [2.24, 2.45) is 0 Å². The van der Waals surface area contributed by atoms with Crippen molar-refractivity contribution in [3.63, 3.8) is 0 Å². The number of anilines is 1. The zero-order chi connectivity index (χ0) is 25.7. The number of aryl methyl sites for hydroxylation is 1. The summed E-state index contributed by atoms with van der Waals surface area (Å²) in [5, 5.41) is 15.1. The van der Waals surface area contributed by atoms with Gasteiger partial charge in [-0.2, -0.15) is 5.26 Å². The molecule has 0 bridgehead atoms. The number of rotatable bonds is 7. The molecule has 1 N–H and O–H groups in total. The van der Waals surface area contributed by atoms with E-state index in [4.69, 9.17) is 21.1 Å². The van der Waals surface area contributed by atoms with E-state index in [1.54, 1.807) is 43.5 Å². The highest BCUT2D eigenvalue weighted by Crippen LogP contribution is 2.38. The molecule has 0 fully saturated rings. The number of carbonyl (C=O) groups is 1. The van der Waals surface area contributed by atoms with Gasteiger partial charge in [-0.1, -0.05) is 48.0 Å². The Morgan fingerprint density at radius 3 is 2.58 bits per heavy atom. The summed E-state index contributed by atoms with van der Waals surface area (Å²) in [6, 6.07) is 24.5. The van der Waals surface area contributed by atoms with Gasteiger partial charge in [0, 0.05) is 16.3 Å². The molecule has 5 nitrogen and oxygen atoms in total. The highest BCUT2D eigenvalue weighted by atomic mass is 79.9. The van der Waals surface area contributed by atoms with Gasteiger partial charge in [0.05, 0.1) is 11.6 Å². The number of nitrogens with zero attached hydrogens (tertiary/aromatic N) is 1. The summed E-state index contributed by atoms with van der Waals surface area (Å²) in [6.07, 6.45) is 1.50. The largest absolute Gasteiger partial charge is 0.493 e. The molecule has 0 spiro atoms. The zero-order valence-corrected chi connectivity index (χ0v) is 22.0. The highest BCUT2D eigenvalue weighted by Gasteiger charge is 2.15. The number of nitrogens with one attached hydrogen (secondary N) is 1. The maximum absolute atomic E-state index is 12.6. The predicted octanol–water partition coefficient (Wildman–Crippen LogP) is 7.70. The Hall–Kier alpha value is -3.79. The summed E-state index contributed by atoms with van der Waals surface area (Å²) in [6.45, 7) is 2.41. The number of nitriles is 1. The lowest BCUT2D eigenvalue weighted by Crippen LogP contribution is -2.13. The van der Waals surface area contributed by atoms with Gasteiger partial charge < -0.3 is 14.8 Å². The van der Waals surface area contributed by atoms with Gasteiger partial charge in [0.15, 0.2) is 11.5 Å². The van der Waals surface area contributed by atoms with Crippen molar-refractivity contribution in [3.8, 4) is 17.6 Å². The van der Waals surface area contributed by atoms with Crippen LogP contribution in [0.4, 0.5) is 5.69 Å². The van der Waals surface area contributed by atoms with E-state index in [0.717, 1.165) is 21.9 Å². The molecule has 7 heteroatoms. The van der Waals surface area contributed by atoms with E-state index in [1.165, 1.54) is 6.08 Å². The van der Waals surface area contributed by atoms with Gasteiger partial charge in [0.2, 0.25) is 0 Å². The van der Waals surface area contributed by atoms with Crippen LogP contribution in [0.15, 0.2) is 82.8 Å². The van der Waals surface area contributed by atoms with Crippen molar-refractivity contribution < 1.29 is 14.3 Å². The predicted molar refractivity (Wildman–Crippen MR) is 147 cm³/mol. The van der Waals surface area contributed by atoms with Crippen LogP contribution in [0.2, 0.25) is 5.02 Å². The quantitative estimate of drug-likeness (QED) is 0.185. The summed E-state index contributed by atoms with van der Waals surface area (Å²) < 4.78 is 12.4. The molecular weight excluding hydrogens is 540 g/mol. The molecule has 4 aromatic carbocycles. The highest BCUT2D eigenvalue weighted by molar-refractivity contribution is 9.10. The molecule has 4 aromatic rings. The molecule has 4 rings (SSSR count). The fourth-order valence-electron chi connectivity index (χ4n) is 3.79. The van der Waals surface area contributed by atoms with Crippen LogP contribution >= 0.6 is 27.5 Å². The van der Waals surface area contributed by atoms with Crippen LogP contribution in [0.3, 0.4) is 0 Å². The van der Waals surface area contributed by atoms with Gasteiger partial charge in [-0.25, -0.2) is 0 Å². The molecule has 0 saturated heterocycles. The molecule has 0 unspecified atom stereocenters. The minimum Gasteiger partial charge on any atom is -0.493 e. The third-order valence-corrected chi connectivity index (χ3v) is 6.51. The summed E-state index contributed by atoms with van der Waals surface area (Å²) in [4.78, 5) is 12.6. The van der Waals surface area contributed by atoms with Gasteiger partial charge in [-0.3, -0.25) is 4.79 Å². The normalized spacial score (nSPS) is 11.1. The van der Waals surface area contributed by atoms with Gasteiger partial charge >= 0.3 is 0 Å². The second-order valence-corrected chi connectivity index (χ2v) is 9.33. The summed E-state index contributed by atoms with van der Waals surface area (Å²) in [7, 11) is 1.55. The number of halogens is 2. The lowest BCUT2D eigenvalue weighted by atomic mass is 10.0. The van der Waals surface area contributed by atoms with Crippen LogP contribution in [0.5, 0.6) is 11.5 Å². The third-order valence-electron chi connectivity index (χ3n) is 5.67. The van der Waals surface area contributed by atoms with Gasteiger partial charge in [-0.05, 0) is 87.2 Å². The summed E-state index contributed by atoms with van der Waals surface area (Å²) in [5.74, 6) is 0.483. The monoisotopic (exact) mass is 560 g/mol. The summed E-state index contributed by atoms with van der Waals surface area (Å²) in [5.41, 5.74) is 3.32. The third kappa shape index (κ3) is 5.71.